The van der Waals surface area contributed by atoms with Crippen LogP contribution in [-0.4, -0.2) is 15.0 Å². The molecule has 5 aromatic rings. The Kier molecular flexibility index (Phi) is 5.54. The van der Waals surface area contributed by atoms with E-state index < -0.39 is 0 Å². The molecule has 162 valence electrons. The zero-order valence-corrected chi connectivity index (χ0v) is 18.5. The molecule has 2 aromatic carbocycles. The molecule has 6 nitrogen and oxygen atoms in total. The van der Waals surface area contributed by atoms with Crippen LogP contribution in [0.1, 0.15) is 5.56 Å². The van der Waals surface area contributed by atoms with Gasteiger partial charge in [-0.25, -0.2) is 4.98 Å². The molecule has 0 aliphatic carbocycles. The first kappa shape index (κ1) is 20.8. The summed E-state index contributed by atoms with van der Waals surface area (Å²) < 4.78 is 5.93. The van der Waals surface area contributed by atoms with Gasteiger partial charge in [-0.05, 0) is 48.4 Å². The summed E-state index contributed by atoms with van der Waals surface area (Å²) in [6.45, 7) is 2.01. The third-order valence-electron chi connectivity index (χ3n) is 5.20. The van der Waals surface area contributed by atoms with Crippen LogP contribution in [0.15, 0.2) is 109 Å². The Labute approximate surface area is 193 Å². The Morgan fingerprint density at radius 2 is 1.52 bits per heavy atom. The molecule has 33 heavy (non-hydrogen) atoms. The van der Waals surface area contributed by atoms with Gasteiger partial charge in [0.1, 0.15) is 0 Å². The lowest BCUT2D eigenvalue weighted by Gasteiger charge is -2.04. The van der Waals surface area contributed by atoms with Crippen LogP contribution in [0.25, 0.3) is 33.7 Å². The van der Waals surface area contributed by atoms with Crippen molar-refractivity contribution in [3.8, 4) is 33.7 Å². The highest BCUT2D eigenvalue weighted by Crippen LogP contribution is 2.32. The van der Waals surface area contributed by atoms with Crippen LogP contribution in [0.3, 0.4) is 0 Å². The van der Waals surface area contributed by atoms with E-state index in [-0.39, 0.29) is 11.1 Å². The number of hydrogen-bond acceptors (Lipinski definition) is 5. The molecule has 0 aliphatic rings. The highest BCUT2D eigenvalue weighted by atomic mass is 32.2. The average molecular weight is 454 g/mol. The zero-order chi connectivity index (χ0) is 22.8. The van der Waals surface area contributed by atoms with Crippen LogP contribution in [0.2, 0.25) is 0 Å². The van der Waals surface area contributed by atoms with Crippen LogP contribution < -0.4 is 11.1 Å². The topological polar surface area (TPSA) is 91.8 Å². The lowest BCUT2D eigenvalue weighted by molar-refractivity contribution is 0.484. The van der Waals surface area contributed by atoms with E-state index in [0.717, 1.165) is 21.6 Å². The molecule has 0 bridgehead atoms. The molecule has 0 fully saturated rings. The van der Waals surface area contributed by atoms with Crippen molar-refractivity contribution in [1.29, 1.82) is 0 Å². The predicted octanol–water partition coefficient (Wildman–Crippen LogP) is 5.51. The Morgan fingerprint density at radius 3 is 2.27 bits per heavy atom. The van der Waals surface area contributed by atoms with E-state index in [1.807, 2.05) is 55.5 Å². The lowest BCUT2D eigenvalue weighted by Crippen LogP contribution is -2.08. The Hall–Kier alpha value is -4.10. The van der Waals surface area contributed by atoms with E-state index in [0.29, 0.717) is 27.7 Å². The Morgan fingerprint density at radius 1 is 0.818 bits per heavy atom. The minimum atomic E-state index is -0.166. The maximum atomic E-state index is 12.4. The van der Waals surface area contributed by atoms with Crippen molar-refractivity contribution in [2.75, 3.05) is 0 Å². The van der Waals surface area contributed by atoms with Gasteiger partial charge in [0, 0.05) is 28.4 Å². The number of oxazole rings is 1. The summed E-state index contributed by atoms with van der Waals surface area (Å²) in [4.78, 5) is 35.1. The van der Waals surface area contributed by atoms with Crippen molar-refractivity contribution in [2.45, 2.75) is 16.9 Å². The molecule has 0 aliphatic heterocycles. The molecular formula is C26H19N3O3S. The van der Waals surface area contributed by atoms with Crippen LogP contribution in [0, 0.1) is 6.92 Å². The number of benzene rings is 2. The quantitative estimate of drug-likeness (QED) is 0.366. The molecule has 3 aromatic heterocycles. The molecule has 7 heteroatoms. The second-order valence-electron chi connectivity index (χ2n) is 7.52. The molecule has 0 spiro atoms. The van der Waals surface area contributed by atoms with Crippen molar-refractivity contribution in [3.63, 3.8) is 0 Å². The number of pyridine rings is 2. The number of aromatic amines is 2. The van der Waals surface area contributed by atoms with Gasteiger partial charge < -0.3 is 14.4 Å². The van der Waals surface area contributed by atoms with Gasteiger partial charge in [-0.2, -0.15) is 0 Å². The number of aromatic nitrogens is 3. The van der Waals surface area contributed by atoms with Gasteiger partial charge in [-0.3, -0.25) is 9.59 Å². The van der Waals surface area contributed by atoms with E-state index in [1.165, 1.54) is 11.8 Å². The summed E-state index contributed by atoms with van der Waals surface area (Å²) in [5.74, 6) is 0.426. The normalized spacial score (nSPS) is 10.9. The maximum Gasteiger partial charge on any atom is 0.255 e. The fourth-order valence-electron chi connectivity index (χ4n) is 3.46. The summed E-state index contributed by atoms with van der Waals surface area (Å²) >= 11 is 1.43. The van der Waals surface area contributed by atoms with Gasteiger partial charge >= 0.3 is 0 Å². The molecule has 2 N–H and O–H groups in total. The largest absolute Gasteiger partial charge is 0.429 e. The summed E-state index contributed by atoms with van der Waals surface area (Å²) in [7, 11) is 0. The third kappa shape index (κ3) is 4.44. The molecule has 0 unspecified atom stereocenters. The second kappa shape index (κ2) is 8.80. The number of rotatable bonds is 5. The van der Waals surface area contributed by atoms with E-state index in [1.54, 1.807) is 36.8 Å². The van der Waals surface area contributed by atoms with Crippen LogP contribution in [0.5, 0.6) is 0 Å². The number of H-pyrrole nitrogens is 2. The molecule has 0 amide bonds. The average Bonchev–Trinajstić information content (AvgIpc) is 3.29. The van der Waals surface area contributed by atoms with Gasteiger partial charge in [0.05, 0.1) is 11.8 Å². The zero-order valence-electron chi connectivity index (χ0n) is 17.7. The van der Waals surface area contributed by atoms with E-state index in [4.69, 9.17) is 4.42 Å². The minimum Gasteiger partial charge on any atom is -0.429 e. The first-order valence-corrected chi connectivity index (χ1v) is 11.1. The first-order valence-electron chi connectivity index (χ1n) is 10.3. The van der Waals surface area contributed by atoms with Crippen molar-refractivity contribution >= 4 is 11.8 Å². The first-order chi connectivity index (χ1) is 16.1. The van der Waals surface area contributed by atoms with Crippen molar-refractivity contribution in [1.82, 2.24) is 15.0 Å². The molecular weight excluding hydrogens is 434 g/mol. The smallest absolute Gasteiger partial charge is 0.255 e. The van der Waals surface area contributed by atoms with Crippen LogP contribution in [0.4, 0.5) is 0 Å². The van der Waals surface area contributed by atoms with Crippen LogP contribution >= 0.6 is 11.8 Å². The van der Waals surface area contributed by atoms with E-state index in [9.17, 15) is 9.59 Å². The van der Waals surface area contributed by atoms with E-state index >= 15 is 0 Å². The van der Waals surface area contributed by atoms with Gasteiger partial charge in [-0.15, -0.1) is 0 Å². The van der Waals surface area contributed by atoms with Gasteiger partial charge in [0.25, 0.3) is 11.1 Å². The number of nitrogens with zero attached hydrogens (tertiary/aromatic N) is 1. The number of aryl methyl sites for hydroxylation is 1. The minimum absolute atomic E-state index is 0.122. The SMILES string of the molecule is Cc1ccc(-c2cc(-c3ncc(Sc4ccc(-c5ccc[nH]c5=O)cc4)o3)c[nH]c2=O)cc1. The molecule has 5 rings (SSSR count). The van der Waals surface area contributed by atoms with E-state index in [2.05, 4.69) is 15.0 Å². The van der Waals surface area contributed by atoms with Crippen LogP contribution in [-0.2, 0) is 0 Å². The third-order valence-corrected chi connectivity index (χ3v) is 6.10. The molecule has 0 saturated heterocycles. The van der Waals surface area contributed by atoms with Crippen molar-refractivity contribution in [2.24, 2.45) is 0 Å². The maximum absolute atomic E-state index is 12.4. The van der Waals surface area contributed by atoms with Gasteiger partial charge in [-0.1, -0.05) is 53.7 Å². The summed E-state index contributed by atoms with van der Waals surface area (Å²) in [6.07, 6.45) is 4.88. The fourth-order valence-corrected chi connectivity index (χ4v) is 4.19. The van der Waals surface area contributed by atoms with Crippen molar-refractivity contribution < 1.29 is 4.42 Å². The van der Waals surface area contributed by atoms with Gasteiger partial charge in [0.15, 0.2) is 5.09 Å². The molecule has 0 atom stereocenters. The number of hydrogen-bond donors (Lipinski definition) is 2. The molecule has 0 saturated carbocycles. The Balaban J connectivity index is 1.37. The second-order valence-corrected chi connectivity index (χ2v) is 8.60. The lowest BCUT2D eigenvalue weighted by atomic mass is 10.0. The molecule has 0 radical (unpaired) electrons. The highest BCUT2D eigenvalue weighted by Gasteiger charge is 2.12. The number of nitrogens with one attached hydrogen (secondary N) is 2. The highest BCUT2D eigenvalue weighted by molar-refractivity contribution is 7.99. The summed E-state index contributed by atoms with van der Waals surface area (Å²) in [5.41, 5.74) is 4.40. The van der Waals surface area contributed by atoms with Crippen molar-refractivity contribution in [3.05, 3.63) is 112 Å². The summed E-state index contributed by atoms with van der Waals surface area (Å²) in [5, 5.41) is 0.624. The predicted molar refractivity (Wildman–Crippen MR) is 129 cm³/mol. The fraction of sp³-hybridized carbons (Fsp3) is 0.0385. The van der Waals surface area contributed by atoms with Gasteiger partial charge in [0.2, 0.25) is 5.89 Å². The molecule has 3 heterocycles. The standard InChI is InChI=1S/C26H19N3O3S/c1-16-4-6-18(7-5-16)22-13-19(14-28-25(22)31)26-29-15-23(32-26)33-20-10-8-17(9-11-20)21-3-2-12-27-24(21)30/h2-15H,1H3,(H,27,30)(H,28,31). The monoisotopic (exact) mass is 453 g/mol. The summed E-state index contributed by atoms with van der Waals surface area (Å²) in [6, 6.07) is 20.8. The Bertz CT molecular complexity index is 1530.